The van der Waals surface area contributed by atoms with Gasteiger partial charge in [0.2, 0.25) is 0 Å². The van der Waals surface area contributed by atoms with E-state index in [0.717, 1.165) is 12.5 Å². The van der Waals surface area contributed by atoms with E-state index in [2.05, 4.69) is 43.4 Å². The second-order valence-electron chi connectivity index (χ2n) is 5.40. The van der Waals surface area contributed by atoms with Gasteiger partial charge in [0.15, 0.2) is 0 Å². The van der Waals surface area contributed by atoms with Crippen LogP contribution in [0.2, 0.25) is 0 Å². The van der Waals surface area contributed by atoms with Crippen molar-refractivity contribution in [3.8, 4) is 0 Å². The highest BCUT2D eigenvalue weighted by molar-refractivity contribution is 5.33. The molecule has 1 aromatic carbocycles. The van der Waals surface area contributed by atoms with Crippen molar-refractivity contribution in [2.24, 2.45) is 0 Å². The number of hydrogen-bond donors (Lipinski definition) is 1. The highest BCUT2D eigenvalue weighted by atomic mass is 14.9. The molecule has 1 N–H and O–H groups in total. The lowest BCUT2D eigenvalue weighted by molar-refractivity contribution is 0.494. The molecule has 1 heteroatoms. The molecule has 1 fully saturated rings. The molecule has 1 unspecified atom stereocenters. The van der Waals surface area contributed by atoms with E-state index in [9.17, 15) is 0 Å². The van der Waals surface area contributed by atoms with Gasteiger partial charge in [-0.3, -0.25) is 0 Å². The lowest BCUT2D eigenvalue weighted by atomic mass is 10.0. The Morgan fingerprint density at radius 3 is 2.76 bits per heavy atom. The Morgan fingerprint density at radius 2 is 2.06 bits per heavy atom. The summed E-state index contributed by atoms with van der Waals surface area (Å²) in [4.78, 5) is 0. The first-order chi connectivity index (χ1) is 8.31. The molecule has 94 valence electrons. The van der Waals surface area contributed by atoms with Gasteiger partial charge in [-0.1, -0.05) is 44.0 Å². The third-order valence-electron chi connectivity index (χ3n) is 3.70. The minimum atomic E-state index is 0.641. The van der Waals surface area contributed by atoms with Crippen molar-refractivity contribution in [1.82, 2.24) is 5.32 Å². The summed E-state index contributed by atoms with van der Waals surface area (Å²) in [5.74, 6) is 0.860. The van der Waals surface area contributed by atoms with Crippen molar-refractivity contribution in [3.63, 3.8) is 0 Å². The number of rotatable bonds is 7. The van der Waals surface area contributed by atoms with Gasteiger partial charge in [0.05, 0.1) is 0 Å². The molecule has 1 aromatic rings. The Bertz CT molecular complexity index is 341. The minimum absolute atomic E-state index is 0.641. The van der Waals surface area contributed by atoms with Crippen LogP contribution in [0, 0.1) is 0 Å². The third kappa shape index (κ3) is 3.85. The predicted molar refractivity (Wildman–Crippen MR) is 74.2 cm³/mol. The normalized spacial score (nSPS) is 17.1. The molecule has 0 saturated heterocycles. The van der Waals surface area contributed by atoms with Crippen molar-refractivity contribution in [2.75, 3.05) is 0 Å². The largest absolute Gasteiger partial charge is 0.310 e. The highest BCUT2D eigenvalue weighted by Crippen LogP contribution is 2.41. The van der Waals surface area contributed by atoms with E-state index < -0.39 is 0 Å². The van der Waals surface area contributed by atoms with Gasteiger partial charge >= 0.3 is 0 Å². The molecule has 2 rings (SSSR count). The fraction of sp³-hybridized carbons (Fsp3) is 0.625. The maximum Gasteiger partial charge on any atom is 0.0210 e. The summed E-state index contributed by atoms with van der Waals surface area (Å²) >= 11 is 0. The highest BCUT2D eigenvalue weighted by Gasteiger charge is 2.25. The monoisotopic (exact) mass is 231 g/mol. The first kappa shape index (κ1) is 12.6. The van der Waals surface area contributed by atoms with Crippen LogP contribution in [0.3, 0.4) is 0 Å². The smallest absolute Gasteiger partial charge is 0.0210 e. The van der Waals surface area contributed by atoms with Gasteiger partial charge in [-0.05, 0) is 43.2 Å². The summed E-state index contributed by atoms with van der Waals surface area (Å²) < 4.78 is 0. The van der Waals surface area contributed by atoms with Gasteiger partial charge in [0.1, 0.15) is 0 Å². The topological polar surface area (TPSA) is 12.0 Å². The van der Waals surface area contributed by atoms with Crippen LogP contribution in [0.5, 0.6) is 0 Å². The summed E-state index contributed by atoms with van der Waals surface area (Å²) in [6.07, 6.45) is 6.70. The standard InChI is InChI=1S/C16H25N/c1-3-4-7-13(2)17-12-15-8-5-6-9-16(15)14-10-11-14/h5-6,8-9,13-14,17H,3-4,7,10-12H2,1-2H3. The minimum Gasteiger partial charge on any atom is -0.310 e. The Hall–Kier alpha value is -0.820. The maximum absolute atomic E-state index is 3.66. The van der Waals surface area contributed by atoms with Crippen LogP contribution in [0.25, 0.3) is 0 Å². The van der Waals surface area contributed by atoms with Gasteiger partial charge in [-0.25, -0.2) is 0 Å². The Balaban J connectivity index is 1.85. The Kier molecular flexibility index (Phi) is 4.61. The van der Waals surface area contributed by atoms with Crippen LogP contribution in [-0.2, 0) is 6.54 Å². The number of unbranched alkanes of at least 4 members (excludes halogenated alkanes) is 1. The molecule has 0 radical (unpaired) electrons. The third-order valence-corrected chi connectivity index (χ3v) is 3.70. The number of benzene rings is 1. The van der Waals surface area contributed by atoms with Gasteiger partial charge < -0.3 is 5.32 Å². The molecule has 17 heavy (non-hydrogen) atoms. The van der Waals surface area contributed by atoms with Crippen LogP contribution < -0.4 is 5.32 Å². The first-order valence-corrected chi connectivity index (χ1v) is 7.12. The molecular formula is C16H25N. The Labute approximate surface area is 106 Å². The molecule has 0 aromatic heterocycles. The molecule has 0 spiro atoms. The van der Waals surface area contributed by atoms with E-state index in [-0.39, 0.29) is 0 Å². The second-order valence-corrected chi connectivity index (χ2v) is 5.40. The molecule has 1 aliphatic rings. The van der Waals surface area contributed by atoms with Crippen molar-refractivity contribution >= 4 is 0 Å². The first-order valence-electron chi connectivity index (χ1n) is 7.12. The summed E-state index contributed by atoms with van der Waals surface area (Å²) in [5, 5.41) is 3.66. The average molecular weight is 231 g/mol. The summed E-state index contributed by atoms with van der Waals surface area (Å²) in [6, 6.07) is 9.58. The van der Waals surface area contributed by atoms with Crippen LogP contribution in [-0.4, -0.2) is 6.04 Å². The molecular weight excluding hydrogens is 206 g/mol. The zero-order valence-corrected chi connectivity index (χ0v) is 11.2. The molecule has 0 aliphatic heterocycles. The maximum atomic E-state index is 3.66. The van der Waals surface area contributed by atoms with Gasteiger partial charge in [-0.15, -0.1) is 0 Å². The van der Waals surface area contributed by atoms with E-state index in [1.807, 2.05) is 0 Å². The molecule has 1 nitrogen and oxygen atoms in total. The van der Waals surface area contributed by atoms with E-state index in [1.54, 1.807) is 5.56 Å². The van der Waals surface area contributed by atoms with Gasteiger partial charge in [0, 0.05) is 12.6 Å². The lowest BCUT2D eigenvalue weighted by Gasteiger charge is -2.15. The summed E-state index contributed by atoms with van der Waals surface area (Å²) in [6.45, 7) is 5.60. The Morgan fingerprint density at radius 1 is 1.29 bits per heavy atom. The van der Waals surface area contributed by atoms with Gasteiger partial charge in [-0.2, -0.15) is 0 Å². The van der Waals surface area contributed by atoms with E-state index in [4.69, 9.17) is 0 Å². The molecule has 1 saturated carbocycles. The van der Waals surface area contributed by atoms with E-state index in [1.165, 1.54) is 37.7 Å². The molecule has 0 heterocycles. The molecule has 0 bridgehead atoms. The average Bonchev–Trinajstić information content (AvgIpc) is 3.18. The van der Waals surface area contributed by atoms with Crippen LogP contribution in [0.1, 0.15) is 63.0 Å². The van der Waals surface area contributed by atoms with E-state index >= 15 is 0 Å². The molecule has 1 atom stereocenters. The quantitative estimate of drug-likeness (QED) is 0.740. The molecule has 1 aliphatic carbocycles. The predicted octanol–water partition coefficient (Wildman–Crippen LogP) is 4.23. The van der Waals surface area contributed by atoms with Crippen LogP contribution in [0.15, 0.2) is 24.3 Å². The zero-order valence-electron chi connectivity index (χ0n) is 11.2. The number of hydrogen-bond acceptors (Lipinski definition) is 1. The summed E-state index contributed by atoms with van der Waals surface area (Å²) in [7, 11) is 0. The second kappa shape index (κ2) is 6.20. The van der Waals surface area contributed by atoms with Gasteiger partial charge in [0.25, 0.3) is 0 Å². The fourth-order valence-corrected chi connectivity index (χ4v) is 2.38. The molecule has 0 amide bonds. The van der Waals surface area contributed by atoms with Crippen molar-refractivity contribution in [1.29, 1.82) is 0 Å². The van der Waals surface area contributed by atoms with Crippen molar-refractivity contribution in [2.45, 2.75) is 64.5 Å². The fourth-order valence-electron chi connectivity index (χ4n) is 2.38. The lowest BCUT2D eigenvalue weighted by Crippen LogP contribution is -2.25. The van der Waals surface area contributed by atoms with Crippen LogP contribution >= 0.6 is 0 Å². The summed E-state index contributed by atoms with van der Waals surface area (Å²) in [5.41, 5.74) is 3.10. The SMILES string of the molecule is CCCCC(C)NCc1ccccc1C1CC1. The number of nitrogens with one attached hydrogen (secondary N) is 1. The van der Waals surface area contributed by atoms with E-state index in [0.29, 0.717) is 6.04 Å². The zero-order chi connectivity index (χ0) is 12.1. The van der Waals surface area contributed by atoms with Crippen molar-refractivity contribution < 1.29 is 0 Å². The van der Waals surface area contributed by atoms with Crippen molar-refractivity contribution in [3.05, 3.63) is 35.4 Å². The van der Waals surface area contributed by atoms with Crippen LogP contribution in [0.4, 0.5) is 0 Å².